The molecule has 23 heavy (non-hydrogen) atoms. The van der Waals surface area contributed by atoms with Crippen LogP contribution in [-0.2, 0) is 9.53 Å². The number of nitrogens with one attached hydrogen (secondary N) is 1. The highest BCUT2D eigenvalue weighted by atomic mass is 79.9. The van der Waals surface area contributed by atoms with Gasteiger partial charge >= 0.3 is 0 Å². The standard InChI is InChI=1S/C17H23BrN2O3/c1-12(2)10-15(17(22)20-6-8-23-9-7-20)19-16(21)13-4-3-5-14(18)11-13/h3-5,11-12,15H,6-10H2,1-2H3,(H,19,21)/t15-/m1/s1. The predicted molar refractivity (Wildman–Crippen MR) is 92.3 cm³/mol. The molecule has 2 rings (SSSR count). The monoisotopic (exact) mass is 382 g/mol. The maximum atomic E-state index is 12.7. The molecule has 0 saturated carbocycles. The Labute approximate surface area is 145 Å². The zero-order chi connectivity index (χ0) is 16.8. The molecule has 1 aromatic carbocycles. The van der Waals surface area contributed by atoms with Crippen LogP contribution in [0, 0.1) is 5.92 Å². The van der Waals surface area contributed by atoms with E-state index in [4.69, 9.17) is 4.74 Å². The molecule has 1 atom stereocenters. The second-order valence-corrected chi connectivity index (χ2v) is 7.02. The number of amides is 2. The van der Waals surface area contributed by atoms with Crippen molar-refractivity contribution in [2.24, 2.45) is 5.92 Å². The Morgan fingerprint density at radius 2 is 2.00 bits per heavy atom. The van der Waals surface area contributed by atoms with Gasteiger partial charge in [-0.15, -0.1) is 0 Å². The van der Waals surface area contributed by atoms with Gasteiger partial charge in [-0.05, 0) is 30.5 Å². The number of benzene rings is 1. The molecule has 1 aliphatic rings. The van der Waals surface area contributed by atoms with Gasteiger partial charge in [0.05, 0.1) is 13.2 Å². The predicted octanol–water partition coefficient (Wildman–Crippen LogP) is 2.45. The quantitative estimate of drug-likeness (QED) is 0.850. The number of hydrogen-bond acceptors (Lipinski definition) is 3. The molecule has 1 aliphatic heterocycles. The largest absolute Gasteiger partial charge is 0.378 e. The van der Waals surface area contributed by atoms with Gasteiger partial charge in [0.25, 0.3) is 5.91 Å². The number of rotatable bonds is 5. The minimum absolute atomic E-state index is 0.0228. The third-order valence-electron chi connectivity index (χ3n) is 3.72. The van der Waals surface area contributed by atoms with Crippen molar-refractivity contribution in [3.63, 3.8) is 0 Å². The summed E-state index contributed by atoms with van der Waals surface area (Å²) in [6, 6.07) is 6.66. The molecule has 0 spiro atoms. The molecule has 0 aromatic heterocycles. The third kappa shape index (κ3) is 5.32. The van der Waals surface area contributed by atoms with Gasteiger partial charge in [0.15, 0.2) is 0 Å². The van der Waals surface area contributed by atoms with E-state index in [1.807, 2.05) is 19.9 Å². The van der Waals surface area contributed by atoms with Crippen molar-refractivity contribution in [2.75, 3.05) is 26.3 Å². The normalized spacial score (nSPS) is 16.3. The van der Waals surface area contributed by atoms with E-state index in [0.717, 1.165) is 4.47 Å². The molecule has 6 heteroatoms. The molecular formula is C17H23BrN2O3. The first-order valence-corrected chi connectivity index (χ1v) is 8.69. The summed E-state index contributed by atoms with van der Waals surface area (Å²) in [6.45, 7) is 6.37. The van der Waals surface area contributed by atoms with Crippen LogP contribution in [0.4, 0.5) is 0 Å². The van der Waals surface area contributed by atoms with Crippen molar-refractivity contribution < 1.29 is 14.3 Å². The van der Waals surface area contributed by atoms with Gasteiger partial charge in [-0.2, -0.15) is 0 Å². The number of ether oxygens (including phenoxy) is 1. The van der Waals surface area contributed by atoms with E-state index >= 15 is 0 Å². The SMILES string of the molecule is CC(C)C[C@@H](NC(=O)c1cccc(Br)c1)C(=O)N1CCOCC1. The molecule has 1 fully saturated rings. The van der Waals surface area contributed by atoms with Gasteiger partial charge in [-0.3, -0.25) is 9.59 Å². The van der Waals surface area contributed by atoms with Crippen LogP contribution in [0.25, 0.3) is 0 Å². The van der Waals surface area contributed by atoms with E-state index in [2.05, 4.69) is 21.2 Å². The lowest BCUT2D eigenvalue weighted by Crippen LogP contribution is -2.52. The number of nitrogens with zero attached hydrogens (tertiary/aromatic N) is 1. The number of morpholine rings is 1. The van der Waals surface area contributed by atoms with E-state index < -0.39 is 6.04 Å². The number of carbonyl (C=O) groups excluding carboxylic acids is 2. The van der Waals surface area contributed by atoms with Crippen molar-refractivity contribution in [3.05, 3.63) is 34.3 Å². The van der Waals surface area contributed by atoms with Gasteiger partial charge in [0.1, 0.15) is 6.04 Å². The van der Waals surface area contributed by atoms with Crippen LogP contribution >= 0.6 is 15.9 Å². The average molecular weight is 383 g/mol. The van der Waals surface area contributed by atoms with Gasteiger partial charge in [-0.25, -0.2) is 0 Å². The number of hydrogen-bond donors (Lipinski definition) is 1. The summed E-state index contributed by atoms with van der Waals surface area (Å²) in [4.78, 5) is 26.9. The zero-order valence-corrected chi connectivity index (χ0v) is 15.1. The highest BCUT2D eigenvalue weighted by Crippen LogP contribution is 2.14. The molecule has 0 bridgehead atoms. The molecule has 126 valence electrons. The van der Waals surface area contributed by atoms with Crippen LogP contribution in [-0.4, -0.2) is 49.1 Å². The first-order valence-electron chi connectivity index (χ1n) is 7.90. The van der Waals surface area contributed by atoms with Gasteiger partial charge in [-0.1, -0.05) is 35.8 Å². The van der Waals surface area contributed by atoms with Crippen molar-refractivity contribution in [1.82, 2.24) is 10.2 Å². The maximum absolute atomic E-state index is 12.7. The van der Waals surface area contributed by atoms with E-state index in [1.165, 1.54) is 0 Å². The summed E-state index contributed by atoms with van der Waals surface area (Å²) < 4.78 is 6.13. The first-order chi connectivity index (χ1) is 11.0. The Morgan fingerprint density at radius 1 is 1.30 bits per heavy atom. The Balaban J connectivity index is 2.08. The van der Waals surface area contributed by atoms with E-state index in [0.29, 0.717) is 44.2 Å². The van der Waals surface area contributed by atoms with Crippen LogP contribution in [0.2, 0.25) is 0 Å². The minimum atomic E-state index is -0.500. The van der Waals surface area contributed by atoms with Crippen LogP contribution in [0.15, 0.2) is 28.7 Å². The fourth-order valence-corrected chi connectivity index (χ4v) is 2.97. The Morgan fingerprint density at radius 3 is 2.61 bits per heavy atom. The van der Waals surface area contributed by atoms with Gasteiger partial charge in [0.2, 0.25) is 5.91 Å². The lowest BCUT2D eigenvalue weighted by Gasteiger charge is -2.31. The first kappa shape index (κ1) is 17.9. The lowest BCUT2D eigenvalue weighted by atomic mass is 10.0. The summed E-state index contributed by atoms with van der Waals surface area (Å²) in [7, 11) is 0. The van der Waals surface area contributed by atoms with E-state index in [1.54, 1.807) is 23.1 Å². The molecule has 1 heterocycles. The molecule has 0 unspecified atom stereocenters. The van der Waals surface area contributed by atoms with Crippen molar-refractivity contribution in [3.8, 4) is 0 Å². The molecule has 1 aromatic rings. The van der Waals surface area contributed by atoms with Crippen LogP contribution in [0.1, 0.15) is 30.6 Å². The average Bonchev–Trinajstić information content (AvgIpc) is 2.54. The summed E-state index contributed by atoms with van der Waals surface area (Å²) >= 11 is 3.36. The highest BCUT2D eigenvalue weighted by Gasteiger charge is 2.28. The fraction of sp³-hybridized carbons (Fsp3) is 0.529. The molecule has 0 radical (unpaired) electrons. The van der Waals surface area contributed by atoms with Crippen LogP contribution < -0.4 is 5.32 Å². The van der Waals surface area contributed by atoms with Gasteiger partial charge in [0, 0.05) is 23.1 Å². The zero-order valence-electron chi connectivity index (χ0n) is 13.5. The van der Waals surface area contributed by atoms with Crippen molar-refractivity contribution >= 4 is 27.7 Å². The fourth-order valence-electron chi connectivity index (χ4n) is 2.57. The smallest absolute Gasteiger partial charge is 0.251 e. The molecule has 2 amide bonds. The summed E-state index contributed by atoms with van der Waals surface area (Å²) in [5, 5.41) is 2.90. The van der Waals surface area contributed by atoms with E-state index in [-0.39, 0.29) is 11.8 Å². The minimum Gasteiger partial charge on any atom is -0.378 e. The molecular weight excluding hydrogens is 360 g/mol. The van der Waals surface area contributed by atoms with E-state index in [9.17, 15) is 9.59 Å². The Hall–Kier alpha value is -1.40. The van der Waals surface area contributed by atoms with Crippen molar-refractivity contribution in [2.45, 2.75) is 26.3 Å². The highest BCUT2D eigenvalue weighted by molar-refractivity contribution is 9.10. The van der Waals surface area contributed by atoms with Crippen molar-refractivity contribution in [1.29, 1.82) is 0 Å². The van der Waals surface area contributed by atoms with Crippen LogP contribution in [0.5, 0.6) is 0 Å². The maximum Gasteiger partial charge on any atom is 0.251 e. The summed E-state index contributed by atoms with van der Waals surface area (Å²) in [5.41, 5.74) is 0.544. The molecule has 5 nitrogen and oxygen atoms in total. The Bertz CT molecular complexity index is 557. The van der Waals surface area contributed by atoms with Gasteiger partial charge < -0.3 is 15.0 Å². The second kappa shape index (κ2) is 8.45. The van der Waals surface area contributed by atoms with Crippen LogP contribution in [0.3, 0.4) is 0 Å². The summed E-state index contributed by atoms with van der Waals surface area (Å²) in [6.07, 6.45) is 0.621. The second-order valence-electron chi connectivity index (χ2n) is 6.10. The molecule has 1 N–H and O–H groups in total. The summed E-state index contributed by atoms with van der Waals surface area (Å²) in [5.74, 6) is 0.0664. The molecule has 1 saturated heterocycles. The Kier molecular flexibility index (Phi) is 6.59. The topological polar surface area (TPSA) is 58.6 Å². The lowest BCUT2D eigenvalue weighted by molar-refractivity contribution is -0.137. The number of halogens is 1. The number of carbonyl (C=O) groups is 2. The molecule has 0 aliphatic carbocycles. The third-order valence-corrected chi connectivity index (χ3v) is 4.21.